The SMILES string of the molecule is O=C(NC1CC1)c1cccc(Br)c1.O=C(O)c1cccc(Br)c1. The summed E-state index contributed by atoms with van der Waals surface area (Å²) in [5.41, 5.74) is 1.02. The van der Waals surface area contributed by atoms with Crippen LogP contribution in [0.2, 0.25) is 0 Å². The van der Waals surface area contributed by atoms with E-state index < -0.39 is 5.97 Å². The van der Waals surface area contributed by atoms with E-state index in [-0.39, 0.29) is 5.91 Å². The van der Waals surface area contributed by atoms with Crippen LogP contribution in [0.3, 0.4) is 0 Å². The zero-order chi connectivity index (χ0) is 16.8. The van der Waals surface area contributed by atoms with Gasteiger partial charge in [0.25, 0.3) is 5.91 Å². The zero-order valence-electron chi connectivity index (χ0n) is 12.1. The van der Waals surface area contributed by atoms with E-state index in [0.29, 0.717) is 11.6 Å². The maximum Gasteiger partial charge on any atom is 0.335 e. The summed E-state index contributed by atoms with van der Waals surface area (Å²) in [5, 5.41) is 11.4. The molecule has 0 heterocycles. The molecule has 1 fully saturated rings. The zero-order valence-corrected chi connectivity index (χ0v) is 15.3. The predicted octanol–water partition coefficient (Wildman–Crippen LogP) is 4.49. The molecule has 0 spiro atoms. The van der Waals surface area contributed by atoms with Crippen molar-refractivity contribution in [2.75, 3.05) is 0 Å². The summed E-state index contributed by atoms with van der Waals surface area (Å²) >= 11 is 6.50. The van der Waals surface area contributed by atoms with Crippen LogP contribution in [-0.2, 0) is 0 Å². The van der Waals surface area contributed by atoms with Gasteiger partial charge in [-0.15, -0.1) is 0 Å². The van der Waals surface area contributed by atoms with Crippen LogP contribution in [0.1, 0.15) is 33.6 Å². The quantitative estimate of drug-likeness (QED) is 0.738. The van der Waals surface area contributed by atoms with E-state index in [9.17, 15) is 9.59 Å². The van der Waals surface area contributed by atoms with Gasteiger partial charge in [-0.2, -0.15) is 0 Å². The molecule has 6 heteroatoms. The second-order valence-corrected chi connectivity index (χ2v) is 6.90. The minimum atomic E-state index is -0.902. The molecule has 0 bridgehead atoms. The Morgan fingerprint density at radius 3 is 1.91 bits per heavy atom. The van der Waals surface area contributed by atoms with Crippen LogP contribution in [0.25, 0.3) is 0 Å². The van der Waals surface area contributed by atoms with Crippen LogP contribution >= 0.6 is 31.9 Å². The molecule has 23 heavy (non-hydrogen) atoms. The van der Waals surface area contributed by atoms with E-state index in [1.165, 1.54) is 0 Å². The number of carbonyl (C=O) groups excluding carboxylic acids is 1. The number of carbonyl (C=O) groups is 2. The second kappa shape index (κ2) is 8.26. The van der Waals surface area contributed by atoms with Crippen molar-refractivity contribution in [1.29, 1.82) is 0 Å². The summed E-state index contributed by atoms with van der Waals surface area (Å²) < 4.78 is 1.73. The second-order valence-electron chi connectivity index (χ2n) is 5.07. The first-order valence-corrected chi connectivity index (χ1v) is 8.59. The number of carboxylic acids is 1. The fourth-order valence-corrected chi connectivity index (χ4v) is 2.55. The summed E-state index contributed by atoms with van der Waals surface area (Å²) in [6.45, 7) is 0. The van der Waals surface area contributed by atoms with E-state index >= 15 is 0 Å². The highest BCUT2D eigenvalue weighted by Crippen LogP contribution is 2.20. The molecule has 1 amide bonds. The van der Waals surface area contributed by atoms with Crippen LogP contribution in [0.5, 0.6) is 0 Å². The first-order chi connectivity index (χ1) is 11.0. The Kier molecular flexibility index (Phi) is 6.36. The lowest BCUT2D eigenvalue weighted by Gasteiger charge is -2.02. The smallest absolute Gasteiger partial charge is 0.335 e. The average Bonchev–Trinajstić information content (AvgIpc) is 3.32. The van der Waals surface area contributed by atoms with E-state index in [1.807, 2.05) is 24.3 Å². The van der Waals surface area contributed by atoms with Crippen molar-refractivity contribution in [1.82, 2.24) is 5.32 Å². The molecule has 4 nitrogen and oxygen atoms in total. The minimum Gasteiger partial charge on any atom is -0.478 e. The summed E-state index contributed by atoms with van der Waals surface area (Å²) in [7, 11) is 0. The molecule has 2 aromatic carbocycles. The number of halogens is 2. The van der Waals surface area contributed by atoms with Gasteiger partial charge in [-0.05, 0) is 49.2 Å². The summed E-state index contributed by atoms with van der Waals surface area (Å²) in [5.74, 6) is -0.870. The highest BCUT2D eigenvalue weighted by molar-refractivity contribution is 9.10. The van der Waals surface area contributed by atoms with Gasteiger partial charge in [-0.3, -0.25) is 4.79 Å². The number of hydrogen-bond acceptors (Lipinski definition) is 2. The molecule has 0 saturated heterocycles. The van der Waals surface area contributed by atoms with Gasteiger partial charge in [-0.25, -0.2) is 4.79 Å². The molecule has 0 unspecified atom stereocenters. The number of hydrogen-bond donors (Lipinski definition) is 2. The van der Waals surface area contributed by atoms with Gasteiger partial charge in [0.2, 0.25) is 0 Å². The molecule has 2 N–H and O–H groups in total. The topological polar surface area (TPSA) is 66.4 Å². The van der Waals surface area contributed by atoms with E-state index in [0.717, 1.165) is 27.4 Å². The molecule has 0 radical (unpaired) electrons. The molecule has 2 aromatic rings. The van der Waals surface area contributed by atoms with Crippen molar-refractivity contribution in [2.24, 2.45) is 0 Å². The number of nitrogens with one attached hydrogen (secondary N) is 1. The highest BCUT2D eigenvalue weighted by atomic mass is 79.9. The van der Waals surface area contributed by atoms with Crippen molar-refractivity contribution in [2.45, 2.75) is 18.9 Å². The van der Waals surface area contributed by atoms with Crippen LogP contribution in [-0.4, -0.2) is 23.0 Å². The average molecular weight is 441 g/mol. The maximum absolute atomic E-state index is 11.5. The molecular formula is C17H15Br2NO3. The Morgan fingerprint density at radius 1 is 0.957 bits per heavy atom. The molecular weight excluding hydrogens is 426 g/mol. The van der Waals surface area contributed by atoms with E-state index in [1.54, 1.807) is 24.3 Å². The number of carboxylic acid groups (broad SMARTS) is 1. The van der Waals surface area contributed by atoms with Crippen molar-refractivity contribution in [3.8, 4) is 0 Å². The van der Waals surface area contributed by atoms with Gasteiger partial charge in [0.15, 0.2) is 0 Å². The third-order valence-electron chi connectivity index (χ3n) is 3.07. The molecule has 1 aliphatic carbocycles. The number of rotatable bonds is 3. The molecule has 0 aromatic heterocycles. The van der Waals surface area contributed by atoms with Gasteiger partial charge >= 0.3 is 5.97 Å². The number of benzene rings is 2. The van der Waals surface area contributed by atoms with Gasteiger partial charge in [0.05, 0.1) is 5.56 Å². The van der Waals surface area contributed by atoms with Crippen LogP contribution in [0.15, 0.2) is 57.5 Å². The molecule has 3 rings (SSSR count). The van der Waals surface area contributed by atoms with Crippen LogP contribution in [0.4, 0.5) is 0 Å². The van der Waals surface area contributed by atoms with Crippen molar-refractivity contribution < 1.29 is 14.7 Å². The molecule has 0 aliphatic heterocycles. The molecule has 120 valence electrons. The summed E-state index contributed by atoms with van der Waals surface area (Å²) in [6.07, 6.45) is 2.25. The third-order valence-corrected chi connectivity index (χ3v) is 4.06. The first-order valence-electron chi connectivity index (χ1n) is 7.01. The monoisotopic (exact) mass is 439 g/mol. The summed E-state index contributed by atoms with van der Waals surface area (Å²) in [6, 6.07) is 14.4. The fourth-order valence-electron chi connectivity index (χ4n) is 1.75. The van der Waals surface area contributed by atoms with Crippen molar-refractivity contribution >= 4 is 43.7 Å². The Hall–Kier alpha value is -1.66. The van der Waals surface area contributed by atoms with Gasteiger partial charge < -0.3 is 10.4 Å². The number of amides is 1. The van der Waals surface area contributed by atoms with Gasteiger partial charge in [0.1, 0.15) is 0 Å². The highest BCUT2D eigenvalue weighted by Gasteiger charge is 2.23. The van der Waals surface area contributed by atoms with Crippen LogP contribution in [0, 0.1) is 0 Å². The fraction of sp³-hybridized carbons (Fsp3) is 0.176. The van der Waals surface area contributed by atoms with Gasteiger partial charge in [0, 0.05) is 20.6 Å². The molecule has 1 aliphatic rings. The Labute approximate surface area is 151 Å². The van der Waals surface area contributed by atoms with Crippen molar-refractivity contribution in [3.63, 3.8) is 0 Å². The summed E-state index contributed by atoms with van der Waals surface area (Å²) in [4.78, 5) is 21.8. The van der Waals surface area contributed by atoms with E-state index in [2.05, 4.69) is 37.2 Å². The Balaban J connectivity index is 0.000000174. The maximum atomic E-state index is 11.5. The Bertz CT molecular complexity index is 714. The normalized spacial score (nSPS) is 12.8. The number of aromatic carboxylic acids is 1. The third kappa shape index (κ3) is 6.15. The Morgan fingerprint density at radius 2 is 1.48 bits per heavy atom. The lowest BCUT2D eigenvalue weighted by molar-refractivity contribution is 0.0696. The minimum absolute atomic E-state index is 0.0313. The lowest BCUT2D eigenvalue weighted by atomic mass is 10.2. The van der Waals surface area contributed by atoms with Gasteiger partial charge in [-0.1, -0.05) is 44.0 Å². The molecule has 0 atom stereocenters. The largest absolute Gasteiger partial charge is 0.478 e. The standard InChI is InChI=1S/C10H10BrNO.C7H5BrO2/c11-8-3-1-2-7(6-8)10(13)12-9-4-5-9;8-6-3-1-2-5(4-6)7(9)10/h1-3,6,9H,4-5H2,(H,12,13);1-4H,(H,9,10). The predicted molar refractivity (Wildman–Crippen MR) is 95.7 cm³/mol. The van der Waals surface area contributed by atoms with E-state index in [4.69, 9.17) is 5.11 Å². The van der Waals surface area contributed by atoms with Crippen molar-refractivity contribution in [3.05, 3.63) is 68.6 Å². The lowest BCUT2D eigenvalue weighted by Crippen LogP contribution is -2.25. The first kappa shape index (κ1) is 17.7. The molecule has 1 saturated carbocycles. The van der Waals surface area contributed by atoms with Crippen LogP contribution < -0.4 is 5.32 Å².